The van der Waals surface area contributed by atoms with Crippen molar-refractivity contribution in [3.05, 3.63) is 0 Å². The Morgan fingerprint density at radius 3 is 1.00 bits per heavy atom. The fourth-order valence-corrected chi connectivity index (χ4v) is 0. The molecule has 0 amide bonds. The molecule has 0 nitrogen and oxygen atoms in total. The zero-order valence-corrected chi connectivity index (χ0v) is 7.86. The topological polar surface area (TPSA) is 0 Å². The van der Waals surface area contributed by atoms with E-state index >= 15 is 0 Å². The minimum atomic E-state index is 0. The van der Waals surface area contributed by atoms with Crippen LogP contribution in [0.4, 0.5) is 0 Å². The monoisotopic (exact) mass is 289 g/mol. The van der Waals surface area contributed by atoms with Crippen molar-refractivity contribution in [1.29, 1.82) is 0 Å². The van der Waals surface area contributed by atoms with E-state index in [1.54, 1.807) is 0 Å². The molecule has 0 aliphatic carbocycles. The average molecular weight is 290 g/mol. The molecule has 4 heavy (non-hydrogen) atoms. The molecule has 0 atom stereocenters. The Morgan fingerprint density at radius 1 is 1.00 bits per heavy atom. The second-order valence-electron chi connectivity index (χ2n) is 0. The van der Waals surface area contributed by atoms with Crippen LogP contribution >= 0.6 is 0 Å². The van der Waals surface area contributed by atoms with Gasteiger partial charge in [0.15, 0.2) is 0 Å². The van der Waals surface area contributed by atoms with Gasteiger partial charge >= 0.3 is 50.6 Å². The van der Waals surface area contributed by atoms with Crippen molar-refractivity contribution in [3.8, 4) is 0 Å². The molecule has 0 N–H and O–H groups in total. The molecule has 0 fully saturated rings. The third-order valence-corrected chi connectivity index (χ3v) is 0. The molecule has 0 bridgehead atoms. The van der Waals surface area contributed by atoms with E-state index in [0.717, 1.165) is 0 Å². The predicted octanol–water partition coefficient (Wildman–Crippen LogP) is -8.88. The quantitative estimate of drug-likeness (QED) is 0.389. The SMILES string of the molecule is [Cl-].[Cl-].[H-].[Na+].[Pt+2]. The summed E-state index contributed by atoms with van der Waals surface area (Å²) in [6, 6.07) is 0. The predicted molar refractivity (Wildman–Crippen MR) is 1.11 cm³/mol. The molecular weight excluding hydrogens is 289 g/mol. The molecule has 0 aromatic heterocycles. The summed E-state index contributed by atoms with van der Waals surface area (Å²) in [4.78, 5) is 0. The van der Waals surface area contributed by atoms with Gasteiger partial charge in [-0.25, -0.2) is 0 Å². The summed E-state index contributed by atoms with van der Waals surface area (Å²) in [5.74, 6) is 0. The second-order valence-corrected chi connectivity index (χ2v) is 0. The largest absolute Gasteiger partial charge is 2.00 e. The van der Waals surface area contributed by atoms with Crippen LogP contribution in [-0.4, -0.2) is 0 Å². The zero-order chi connectivity index (χ0) is 0. The van der Waals surface area contributed by atoms with E-state index < -0.39 is 0 Å². The minimum Gasteiger partial charge on any atom is -1.00 e. The summed E-state index contributed by atoms with van der Waals surface area (Å²) in [6.07, 6.45) is 0. The van der Waals surface area contributed by atoms with Gasteiger partial charge in [-0.3, -0.25) is 0 Å². The van der Waals surface area contributed by atoms with Gasteiger partial charge in [0.1, 0.15) is 0 Å². The molecule has 0 unspecified atom stereocenters. The maximum Gasteiger partial charge on any atom is 2.00 e. The van der Waals surface area contributed by atoms with Crippen LogP contribution in [0.25, 0.3) is 0 Å². The minimum absolute atomic E-state index is 0. The molecule has 0 saturated heterocycles. The first-order valence-corrected chi connectivity index (χ1v) is 0. The molecule has 0 radical (unpaired) electrons. The Hall–Kier alpha value is 2.27. The standard InChI is InChI=1S/2ClH.Na.Pt.H/h2*1H;;;/q;;+1;+2;-1/p-2. The van der Waals surface area contributed by atoms with E-state index in [2.05, 4.69) is 0 Å². The smallest absolute Gasteiger partial charge is 1.00 e. The van der Waals surface area contributed by atoms with Gasteiger partial charge in [0.05, 0.1) is 0 Å². The van der Waals surface area contributed by atoms with Crippen LogP contribution in [0.15, 0.2) is 0 Å². The third-order valence-electron chi connectivity index (χ3n) is 0. The fourth-order valence-electron chi connectivity index (χ4n) is 0. The number of hydrogen-bond donors (Lipinski definition) is 0. The van der Waals surface area contributed by atoms with Crippen molar-refractivity contribution < 1.29 is 76.9 Å². The van der Waals surface area contributed by atoms with E-state index in [1.165, 1.54) is 0 Å². The van der Waals surface area contributed by atoms with Crippen LogP contribution in [-0.2, 0) is 21.1 Å². The van der Waals surface area contributed by atoms with Crippen LogP contribution < -0.4 is 54.4 Å². The van der Waals surface area contributed by atoms with E-state index in [1.807, 2.05) is 0 Å². The summed E-state index contributed by atoms with van der Waals surface area (Å²) < 4.78 is 0. The van der Waals surface area contributed by atoms with Crippen molar-refractivity contribution in [2.45, 2.75) is 0 Å². The maximum absolute atomic E-state index is 0. The van der Waals surface area contributed by atoms with Gasteiger partial charge in [-0.2, -0.15) is 0 Å². The van der Waals surface area contributed by atoms with Crippen molar-refractivity contribution in [1.82, 2.24) is 0 Å². The Labute approximate surface area is 76.0 Å². The van der Waals surface area contributed by atoms with Gasteiger partial charge in [0.25, 0.3) is 0 Å². The molecule has 0 saturated carbocycles. The molecular formula is HCl2NaPt. The first-order valence-electron chi connectivity index (χ1n) is 0. The maximum atomic E-state index is 0. The second kappa shape index (κ2) is 18.7. The molecule has 4 heteroatoms. The molecule has 0 aliphatic rings. The first kappa shape index (κ1) is 33.8. The Morgan fingerprint density at radius 2 is 1.00 bits per heavy atom. The van der Waals surface area contributed by atoms with Crippen LogP contribution in [0.3, 0.4) is 0 Å². The molecule has 0 aromatic rings. The number of halogens is 2. The van der Waals surface area contributed by atoms with Crippen LogP contribution in [0.2, 0.25) is 0 Å². The van der Waals surface area contributed by atoms with E-state index in [0.29, 0.717) is 0 Å². The summed E-state index contributed by atoms with van der Waals surface area (Å²) in [5, 5.41) is 0. The van der Waals surface area contributed by atoms with Gasteiger partial charge in [-0.15, -0.1) is 0 Å². The average Bonchev–Trinajstić information content (AvgIpc) is 0. The van der Waals surface area contributed by atoms with E-state index in [4.69, 9.17) is 0 Å². The van der Waals surface area contributed by atoms with Crippen molar-refractivity contribution >= 4 is 0 Å². The summed E-state index contributed by atoms with van der Waals surface area (Å²) in [5.41, 5.74) is 0. The van der Waals surface area contributed by atoms with Gasteiger partial charge < -0.3 is 26.2 Å². The number of rotatable bonds is 0. The van der Waals surface area contributed by atoms with Gasteiger partial charge in [-0.05, 0) is 0 Å². The first-order chi connectivity index (χ1) is 0. The van der Waals surface area contributed by atoms with E-state index in [-0.39, 0.29) is 76.9 Å². The summed E-state index contributed by atoms with van der Waals surface area (Å²) in [7, 11) is 0. The zero-order valence-electron chi connectivity index (χ0n) is 3.07. The van der Waals surface area contributed by atoms with Crippen LogP contribution in [0, 0.1) is 0 Å². The van der Waals surface area contributed by atoms with Crippen molar-refractivity contribution in [2.24, 2.45) is 0 Å². The molecule has 26 valence electrons. The van der Waals surface area contributed by atoms with Crippen molar-refractivity contribution in [3.63, 3.8) is 0 Å². The van der Waals surface area contributed by atoms with Crippen LogP contribution in [0.1, 0.15) is 1.43 Å². The fraction of sp³-hybridized carbons (Fsp3) is 0. The molecule has 0 aliphatic heterocycles. The van der Waals surface area contributed by atoms with E-state index in [9.17, 15) is 0 Å². The Balaban J connectivity index is 0. The number of hydrogen-bond acceptors (Lipinski definition) is 0. The molecule has 0 aromatic carbocycles. The molecule has 0 rings (SSSR count). The van der Waals surface area contributed by atoms with Crippen LogP contribution in [0.5, 0.6) is 0 Å². The third kappa shape index (κ3) is 8.86. The van der Waals surface area contributed by atoms with Gasteiger partial charge in [0.2, 0.25) is 0 Å². The normalized spacial score (nSPS) is 0. The Kier molecular flexibility index (Phi) is 158. The summed E-state index contributed by atoms with van der Waals surface area (Å²) in [6.45, 7) is 0. The van der Waals surface area contributed by atoms with Gasteiger partial charge in [-0.1, -0.05) is 0 Å². The Bertz CT molecular complexity index is 9.61. The summed E-state index contributed by atoms with van der Waals surface area (Å²) >= 11 is 0. The molecule has 0 spiro atoms. The van der Waals surface area contributed by atoms with Gasteiger partial charge in [0, 0.05) is 0 Å². The van der Waals surface area contributed by atoms with Crippen molar-refractivity contribution in [2.75, 3.05) is 0 Å². The molecule has 0 heterocycles.